The smallest absolute Gasteiger partial charge is 0.138 e. The van der Waals surface area contributed by atoms with Crippen molar-refractivity contribution in [2.24, 2.45) is 0 Å². The van der Waals surface area contributed by atoms with Crippen molar-refractivity contribution < 1.29 is 9.26 Å². The number of aryl methyl sites for hydroxylation is 2. The van der Waals surface area contributed by atoms with Gasteiger partial charge in [0, 0.05) is 31.3 Å². The Morgan fingerprint density at radius 3 is 2.68 bits per heavy atom. The van der Waals surface area contributed by atoms with Crippen molar-refractivity contribution in [3.8, 4) is 0 Å². The number of hydrogen-bond acceptors (Lipinski definition) is 4. The number of benzene rings is 1. The summed E-state index contributed by atoms with van der Waals surface area (Å²) in [5, 5.41) is 4.08. The largest absolute Gasteiger partial charge is 0.380 e. The van der Waals surface area contributed by atoms with E-state index < -0.39 is 0 Å². The second-order valence-electron chi connectivity index (χ2n) is 6.03. The maximum absolute atomic E-state index is 5.59. The lowest BCUT2D eigenvalue weighted by Gasteiger charge is -2.27. The molecular formula is C18H24N2O2. The molecule has 0 saturated carbocycles. The molecular weight excluding hydrogens is 276 g/mol. The second-order valence-corrected chi connectivity index (χ2v) is 6.03. The number of ether oxygens (including phenoxy) is 1. The van der Waals surface area contributed by atoms with Gasteiger partial charge in [0.1, 0.15) is 5.76 Å². The Hall–Kier alpha value is -1.65. The molecule has 0 radical (unpaired) electrons. The molecule has 0 amide bonds. The molecule has 0 unspecified atom stereocenters. The van der Waals surface area contributed by atoms with Gasteiger partial charge in [-0.2, -0.15) is 0 Å². The third kappa shape index (κ3) is 3.57. The van der Waals surface area contributed by atoms with E-state index in [1.165, 1.54) is 11.1 Å². The van der Waals surface area contributed by atoms with Crippen LogP contribution in [0.1, 0.15) is 29.0 Å². The van der Waals surface area contributed by atoms with Gasteiger partial charge in [-0.25, -0.2) is 0 Å². The van der Waals surface area contributed by atoms with Crippen molar-refractivity contribution >= 4 is 0 Å². The first-order valence-electron chi connectivity index (χ1n) is 8.01. The predicted molar refractivity (Wildman–Crippen MR) is 85.8 cm³/mol. The van der Waals surface area contributed by atoms with E-state index >= 15 is 0 Å². The molecule has 4 nitrogen and oxygen atoms in total. The quantitative estimate of drug-likeness (QED) is 0.821. The van der Waals surface area contributed by atoms with Gasteiger partial charge in [0.15, 0.2) is 0 Å². The number of aromatic nitrogens is 1. The second kappa shape index (κ2) is 7.07. The molecule has 1 aliphatic heterocycles. The summed E-state index contributed by atoms with van der Waals surface area (Å²) < 4.78 is 10.9. The van der Waals surface area contributed by atoms with Gasteiger partial charge in [-0.1, -0.05) is 35.5 Å². The predicted octanol–water partition coefficient (Wildman–Crippen LogP) is 3.13. The minimum atomic E-state index is 0.498. The zero-order chi connectivity index (χ0) is 15.4. The van der Waals surface area contributed by atoms with Crippen molar-refractivity contribution in [3.05, 3.63) is 52.9 Å². The molecule has 0 spiro atoms. The van der Waals surface area contributed by atoms with Crippen molar-refractivity contribution in [2.75, 3.05) is 19.8 Å². The number of rotatable bonds is 6. The summed E-state index contributed by atoms with van der Waals surface area (Å²) in [5.41, 5.74) is 3.60. The summed E-state index contributed by atoms with van der Waals surface area (Å²) in [4.78, 5) is 2.52. The molecule has 0 N–H and O–H groups in total. The van der Waals surface area contributed by atoms with Crippen LogP contribution in [0, 0.1) is 13.8 Å². The Labute approximate surface area is 132 Å². The summed E-state index contributed by atoms with van der Waals surface area (Å²) in [6.07, 6.45) is 2.17. The summed E-state index contributed by atoms with van der Waals surface area (Å²) in [6, 6.07) is 11.2. The average Bonchev–Trinajstić information content (AvgIpc) is 3.17. The van der Waals surface area contributed by atoms with Crippen LogP contribution >= 0.6 is 0 Å². The molecule has 2 heterocycles. The molecule has 1 saturated heterocycles. The molecule has 4 heteroatoms. The maximum Gasteiger partial charge on any atom is 0.138 e. The van der Waals surface area contributed by atoms with Crippen LogP contribution in [0.15, 0.2) is 34.9 Å². The average molecular weight is 300 g/mol. The number of hydrogen-bond donors (Lipinski definition) is 0. The summed E-state index contributed by atoms with van der Waals surface area (Å²) in [6.45, 7) is 7.64. The van der Waals surface area contributed by atoms with E-state index in [-0.39, 0.29) is 0 Å². The zero-order valence-electron chi connectivity index (χ0n) is 13.4. The fourth-order valence-electron chi connectivity index (χ4n) is 3.05. The van der Waals surface area contributed by atoms with Crippen molar-refractivity contribution in [3.63, 3.8) is 0 Å². The van der Waals surface area contributed by atoms with Crippen molar-refractivity contribution in [1.29, 1.82) is 0 Å². The van der Waals surface area contributed by atoms with Gasteiger partial charge in [-0.15, -0.1) is 0 Å². The Balaban J connectivity index is 1.69. The minimum Gasteiger partial charge on any atom is -0.380 e. The number of nitrogens with zero attached hydrogens (tertiary/aromatic N) is 2. The van der Waals surface area contributed by atoms with Crippen LogP contribution in [0.3, 0.4) is 0 Å². The van der Waals surface area contributed by atoms with Crippen LogP contribution < -0.4 is 0 Å². The first-order valence-corrected chi connectivity index (χ1v) is 8.01. The minimum absolute atomic E-state index is 0.498. The zero-order valence-corrected chi connectivity index (χ0v) is 13.4. The first-order chi connectivity index (χ1) is 10.7. The van der Waals surface area contributed by atoms with Crippen LogP contribution in [-0.4, -0.2) is 35.9 Å². The highest BCUT2D eigenvalue weighted by atomic mass is 16.5. The Bertz CT molecular complexity index is 569. The molecule has 22 heavy (non-hydrogen) atoms. The van der Waals surface area contributed by atoms with Gasteiger partial charge >= 0.3 is 0 Å². The molecule has 1 fully saturated rings. The highest BCUT2D eigenvalue weighted by Crippen LogP contribution is 2.20. The lowest BCUT2D eigenvalue weighted by Crippen LogP contribution is -2.37. The van der Waals surface area contributed by atoms with Crippen LogP contribution in [0.5, 0.6) is 0 Å². The third-order valence-electron chi connectivity index (χ3n) is 4.49. The fourth-order valence-corrected chi connectivity index (χ4v) is 3.05. The highest BCUT2D eigenvalue weighted by molar-refractivity contribution is 5.21. The molecule has 0 aliphatic carbocycles. The Morgan fingerprint density at radius 2 is 2.05 bits per heavy atom. The van der Waals surface area contributed by atoms with Gasteiger partial charge in [0.25, 0.3) is 0 Å². The van der Waals surface area contributed by atoms with Gasteiger partial charge in [0.05, 0.1) is 12.3 Å². The van der Waals surface area contributed by atoms with Gasteiger partial charge in [-0.05, 0) is 32.3 Å². The van der Waals surface area contributed by atoms with Crippen LogP contribution in [0.2, 0.25) is 0 Å². The van der Waals surface area contributed by atoms with Crippen molar-refractivity contribution in [1.82, 2.24) is 10.1 Å². The molecule has 2 aromatic rings. The summed E-state index contributed by atoms with van der Waals surface area (Å²) in [5.74, 6) is 0.932. The third-order valence-corrected chi connectivity index (χ3v) is 4.49. The normalized spacial score (nSPS) is 18.2. The Morgan fingerprint density at radius 1 is 1.23 bits per heavy atom. The Kier molecular flexibility index (Phi) is 4.90. The van der Waals surface area contributed by atoms with Gasteiger partial charge in [-0.3, -0.25) is 4.90 Å². The molecule has 3 rings (SSSR count). The van der Waals surface area contributed by atoms with Crippen molar-refractivity contribution in [2.45, 2.75) is 39.3 Å². The maximum atomic E-state index is 5.59. The van der Waals surface area contributed by atoms with Crippen LogP contribution in [-0.2, 0) is 17.7 Å². The molecule has 1 aliphatic rings. The van der Waals surface area contributed by atoms with E-state index in [4.69, 9.17) is 9.26 Å². The highest BCUT2D eigenvalue weighted by Gasteiger charge is 2.25. The van der Waals surface area contributed by atoms with E-state index in [1.54, 1.807) is 0 Å². The van der Waals surface area contributed by atoms with Crippen LogP contribution in [0.4, 0.5) is 0 Å². The molecule has 1 aromatic heterocycles. The first kappa shape index (κ1) is 15.3. The fraction of sp³-hybridized carbons (Fsp3) is 0.500. The van der Waals surface area contributed by atoms with E-state index in [2.05, 4.69) is 40.4 Å². The SMILES string of the molecule is Cc1noc(C)c1CN(CCc1ccccc1)[C@@H]1CCOC1. The van der Waals surface area contributed by atoms with E-state index in [9.17, 15) is 0 Å². The van der Waals surface area contributed by atoms with E-state index in [0.717, 1.165) is 50.6 Å². The lowest BCUT2D eigenvalue weighted by atomic mass is 10.1. The van der Waals surface area contributed by atoms with E-state index in [1.807, 2.05) is 13.8 Å². The topological polar surface area (TPSA) is 38.5 Å². The monoisotopic (exact) mass is 300 g/mol. The summed E-state index contributed by atoms with van der Waals surface area (Å²) >= 11 is 0. The molecule has 118 valence electrons. The molecule has 1 atom stereocenters. The molecule has 0 bridgehead atoms. The van der Waals surface area contributed by atoms with E-state index in [0.29, 0.717) is 6.04 Å². The van der Waals surface area contributed by atoms with Gasteiger partial charge < -0.3 is 9.26 Å². The van der Waals surface area contributed by atoms with Gasteiger partial charge in [0.2, 0.25) is 0 Å². The lowest BCUT2D eigenvalue weighted by molar-refractivity contribution is 0.139. The summed E-state index contributed by atoms with van der Waals surface area (Å²) in [7, 11) is 0. The standard InChI is InChI=1S/C18H24N2O2/c1-14-18(15(2)22-19-14)12-20(17-9-11-21-13-17)10-8-16-6-4-3-5-7-16/h3-7,17H,8-13H2,1-2H3/t17-/m1/s1. The molecule has 1 aromatic carbocycles. The van der Waals surface area contributed by atoms with Crippen LogP contribution in [0.25, 0.3) is 0 Å².